The number of aromatic nitrogens is 2. The number of carbonyl (C=O) groups excluding carboxylic acids is 2. The van der Waals surface area contributed by atoms with Crippen LogP contribution in [0.1, 0.15) is 47.8 Å². The summed E-state index contributed by atoms with van der Waals surface area (Å²) in [5, 5.41) is 9.53. The molecule has 0 spiro atoms. The van der Waals surface area contributed by atoms with Crippen LogP contribution in [0.4, 0.5) is 10.1 Å². The summed E-state index contributed by atoms with van der Waals surface area (Å²) in [6, 6.07) is 11.1. The molecule has 1 fully saturated rings. The zero-order chi connectivity index (χ0) is 24.1. The van der Waals surface area contributed by atoms with Gasteiger partial charge in [0.15, 0.2) is 11.5 Å². The standard InChI is InChI=1S/C25H27FN4O4/c1-33-21-12-11-16(15-22(21)34-2)23(24(31)28-17-7-3-4-8-17)30(20-10-6-5-9-18(20)26)25(32)19-13-14-27-29-19/h5-6,9-15,17,23H,3-4,7-8H2,1-2H3,(H,27,29)(H,28,31)/t23-/m0/s1. The maximum absolute atomic E-state index is 15.1. The number of amides is 2. The number of anilines is 1. The number of benzene rings is 2. The number of ether oxygens (including phenoxy) is 2. The summed E-state index contributed by atoms with van der Waals surface area (Å²) in [5.41, 5.74) is 0.551. The molecule has 1 aliphatic rings. The molecule has 1 heterocycles. The predicted octanol–water partition coefficient (Wildman–Crippen LogP) is 4.01. The van der Waals surface area contributed by atoms with Crippen molar-refractivity contribution in [1.82, 2.24) is 15.5 Å². The Kier molecular flexibility index (Phi) is 7.10. The normalized spacial score (nSPS) is 14.4. The summed E-state index contributed by atoms with van der Waals surface area (Å²) in [5.74, 6) is -0.770. The quantitative estimate of drug-likeness (QED) is 0.523. The van der Waals surface area contributed by atoms with E-state index in [1.54, 1.807) is 24.3 Å². The fraction of sp³-hybridized carbons (Fsp3) is 0.320. The van der Waals surface area contributed by atoms with Crippen molar-refractivity contribution >= 4 is 17.5 Å². The van der Waals surface area contributed by atoms with E-state index < -0.39 is 23.7 Å². The van der Waals surface area contributed by atoms with Crippen LogP contribution in [0.15, 0.2) is 54.7 Å². The summed E-state index contributed by atoms with van der Waals surface area (Å²) in [6.45, 7) is 0. The van der Waals surface area contributed by atoms with E-state index in [0.29, 0.717) is 17.1 Å². The molecule has 4 rings (SSSR count). The van der Waals surface area contributed by atoms with Crippen molar-refractivity contribution in [3.05, 3.63) is 71.8 Å². The minimum atomic E-state index is -1.17. The number of carbonyl (C=O) groups is 2. The lowest BCUT2D eigenvalue weighted by Gasteiger charge is -2.32. The predicted molar refractivity (Wildman–Crippen MR) is 124 cm³/mol. The molecule has 34 heavy (non-hydrogen) atoms. The molecule has 0 radical (unpaired) electrons. The van der Waals surface area contributed by atoms with Gasteiger partial charge in [-0.15, -0.1) is 0 Å². The molecule has 1 aliphatic carbocycles. The maximum Gasteiger partial charge on any atom is 0.277 e. The third-order valence-corrected chi connectivity index (χ3v) is 5.99. The van der Waals surface area contributed by atoms with Crippen LogP contribution in [0.3, 0.4) is 0 Å². The highest BCUT2D eigenvalue weighted by Gasteiger charge is 2.37. The number of rotatable bonds is 8. The molecule has 0 saturated heterocycles. The molecule has 0 unspecified atom stereocenters. The molecule has 2 aromatic carbocycles. The van der Waals surface area contributed by atoms with Gasteiger partial charge in [0.05, 0.1) is 19.9 Å². The van der Waals surface area contributed by atoms with Gasteiger partial charge in [-0.1, -0.05) is 31.0 Å². The van der Waals surface area contributed by atoms with Crippen LogP contribution in [0.2, 0.25) is 0 Å². The second-order valence-corrected chi connectivity index (χ2v) is 8.10. The van der Waals surface area contributed by atoms with E-state index in [1.807, 2.05) is 0 Å². The first-order chi connectivity index (χ1) is 16.5. The molecule has 0 aliphatic heterocycles. The Balaban J connectivity index is 1.86. The Morgan fingerprint density at radius 3 is 2.47 bits per heavy atom. The number of halogens is 1. The van der Waals surface area contributed by atoms with Crippen molar-refractivity contribution in [3.63, 3.8) is 0 Å². The Morgan fingerprint density at radius 1 is 1.09 bits per heavy atom. The average molecular weight is 467 g/mol. The highest BCUT2D eigenvalue weighted by atomic mass is 19.1. The van der Waals surface area contributed by atoms with Crippen molar-refractivity contribution in [2.75, 3.05) is 19.1 Å². The first kappa shape index (κ1) is 23.3. The van der Waals surface area contributed by atoms with Crippen molar-refractivity contribution in [2.24, 2.45) is 0 Å². The number of methoxy groups -OCH3 is 2. The van der Waals surface area contributed by atoms with Gasteiger partial charge in [-0.2, -0.15) is 5.10 Å². The smallest absolute Gasteiger partial charge is 0.277 e. The fourth-order valence-electron chi connectivity index (χ4n) is 4.31. The van der Waals surface area contributed by atoms with Crippen LogP contribution in [0, 0.1) is 5.82 Å². The van der Waals surface area contributed by atoms with Gasteiger partial charge in [0.1, 0.15) is 17.6 Å². The third-order valence-electron chi connectivity index (χ3n) is 5.99. The average Bonchev–Trinajstić information content (AvgIpc) is 3.57. The monoisotopic (exact) mass is 466 g/mol. The Hall–Kier alpha value is -3.88. The molecule has 1 aromatic heterocycles. The van der Waals surface area contributed by atoms with Crippen molar-refractivity contribution in [3.8, 4) is 11.5 Å². The van der Waals surface area contributed by atoms with Crippen LogP contribution in [-0.2, 0) is 4.79 Å². The molecule has 9 heteroatoms. The maximum atomic E-state index is 15.1. The minimum Gasteiger partial charge on any atom is -0.493 e. The minimum absolute atomic E-state index is 0.000120. The van der Waals surface area contributed by atoms with Crippen molar-refractivity contribution in [2.45, 2.75) is 37.8 Å². The molecule has 0 bridgehead atoms. The number of H-pyrrole nitrogens is 1. The fourth-order valence-corrected chi connectivity index (χ4v) is 4.31. The van der Waals surface area contributed by atoms with Crippen LogP contribution < -0.4 is 19.7 Å². The topological polar surface area (TPSA) is 96.5 Å². The molecule has 2 amide bonds. The van der Waals surface area contributed by atoms with E-state index >= 15 is 4.39 Å². The molecule has 3 aromatic rings. The summed E-state index contributed by atoms with van der Waals surface area (Å²) < 4.78 is 25.8. The van der Waals surface area contributed by atoms with E-state index in [1.165, 1.54) is 44.7 Å². The van der Waals surface area contributed by atoms with Gasteiger partial charge in [-0.25, -0.2) is 4.39 Å². The lowest BCUT2D eigenvalue weighted by molar-refractivity contribution is -0.123. The number of hydrogen-bond acceptors (Lipinski definition) is 5. The summed E-state index contributed by atoms with van der Waals surface area (Å²) in [7, 11) is 2.99. The highest BCUT2D eigenvalue weighted by molar-refractivity contribution is 6.09. The van der Waals surface area contributed by atoms with Gasteiger partial charge in [0.2, 0.25) is 5.91 Å². The second kappa shape index (κ2) is 10.4. The molecule has 178 valence electrons. The highest BCUT2D eigenvalue weighted by Crippen LogP contribution is 2.36. The Bertz CT molecular complexity index is 1150. The van der Waals surface area contributed by atoms with Gasteiger partial charge >= 0.3 is 0 Å². The van der Waals surface area contributed by atoms with Crippen LogP contribution in [0.5, 0.6) is 11.5 Å². The molecule has 2 N–H and O–H groups in total. The van der Waals surface area contributed by atoms with Gasteiger partial charge < -0.3 is 14.8 Å². The molecule has 1 atom stereocenters. The van der Waals surface area contributed by atoms with Crippen LogP contribution in [-0.4, -0.2) is 42.3 Å². The lowest BCUT2D eigenvalue weighted by atomic mass is 10.0. The summed E-state index contributed by atoms with van der Waals surface area (Å²) in [6.07, 6.45) is 5.19. The van der Waals surface area contributed by atoms with Crippen molar-refractivity contribution < 1.29 is 23.5 Å². The number of nitrogens with one attached hydrogen (secondary N) is 2. The van der Waals surface area contributed by atoms with Crippen LogP contribution in [0.25, 0.3) is 0 Å². The van der Waals surface area contributed by atoms with Gasteiger partial charge in [0, 0.05) is 12.2 Å². The lowest BCUT2D eigenvalue weighted by Crippen LogP contribution is -2.46. The largest absolute Gasteiger partial charge is 0.493 e. The number of aromatic amines is 1. The third kappa shape index (κ3) is 4.73. The van der Waals surface area contributed by atoms with E-state index in [-0.39, 0.29) is 17.4 Å². The molecular formula is C25H27FN4O4. The molecule has 8 nitrogen and oxygen atoms in total. The molecular weight excluding hydrogens is 439 g/mol. The van der Waals surface area contributed by atoms with E-state index in [2.05, 4.69) is 15.5 Å². The number of para-hydroxylation sites is 1. The van der Waals surface area contributed by atoms with E-state index in [0.717, 1.165) is 30.6 Å². The Morgan fingerprint density at radius 2 is 1.82 bits per heavy atom. The van der Waals surface area contributed by atoms with Gasteiger partial charge in [-0.3, -0.25) is 19.6 Å². The van der Waals surface area contributed by atoms with Gasteiger partial charge in [0.25, 0.3) is 5.91 Å². The summed E-state index contributed by atoms with van der Waals surface area (Å²) >= 11 is 0. The van der Waals surface area contributed by atoms with E-state index in [9.17, 15) is 9.59 Å². The SMILES string of the molecule is COc1ccc([C@@H](C(=O)NC2CCCC2)N(C(=O)c2ccn[nH]2)c2ccccc2F)cc1OC. The number of nitrogens with zero attached hydrogens (tertiary/aromatic N) is 2. The first-order valence-electron chi connectivity index (χ1n) is 11.1. The molecule has 1 saturated carbocycles. The van der Waals surface area contributed by atoms with Crippen LogP contribution >= 0.6 is 0 Å². The van der Waals surface area contributed by atoms with Gasteiger partial charge in [-0.05, 0) is 48.7 Å². The first-order valence-corrected chi connectivity index (χ1v) is 11.1. The zero-order valence-electron chi connectivity index (χ0n) is 19.1. The van der Waals surface area contributed by atoms with E-state index in [4.69, 9.17) is 9.47 Å². The van der Waals surface area contributed by atoms with Crippen molar-refractivity contribution in [1.29, 1.82) is 0 Å². The second-order valence-electron chi connectivity index (χ2n) is 8.10. The number of hydrogen-bond donors (Lipinski definition) is 2. The Labute approximate surface area is 197 Å². The zero-order valence-corrected chi connectivity index (χ0v) is 19.1. The summed E-state index contributed by atoms with van der Waals surface area (Å²) in [4.78, 5) is 28.5.